The number of nitrogens with two attached hydrogens (primary N) is 1. The highest BCUT2D eigenvalue weighted by Crippen LogP contribution is 2.30. The molecule has 0 aliphatic rings. The third kappa shape index (κ3) is 6.23. The molecule has 0 aliphatic carbocycles. The Hall–Kier alpha value is -4.43. The normalized spacial score (nSPS) is 11.9. The van der Waals surface area contributed by atoms with Gasteiger partial charge in [0.15, 0.2) is 9.84 Å². The second-order valence-corrected chi connectivity index (χ2v) is 10.5. The summed E-state index contributed by atoms with van der Waals surface area (Å²) in [5.41, 5.74) is 8.81. The maximum atomic E-state index is 13.4. The maximum Gasteiger partial charge on any atom is 0.266 e. The number of amidine groups is 1. The van der Waals surface area contributed by atoms with Gasteiger partial charge in [0.1, 0.15) is 11.6 Å². The van der Waals surface area contributed by atoms with Gasteiger partial charge in [-0.15, -0.1) is 0 Å². The molecule has 4 N–H and O–H groups in total. The van der Waals surface area contributed by atoms with Gasteiger partial charge in [0.2, 0.25) is 6.10 Å². The fraction of sp³-hybridized carbons (Fsp3) is 0.103. The van der Waals surface area contributed by atoms with Gasteiger partial charge in [-0.25, -0.2) is 8.42 Å². The smallest absolute Gasteiger partial charge is 0.266 e. The highest BCUT2D eigenvalue weighted by molar-refractivity contribution is 7.90. The van der Waals surface area contributed by atoms with E-state index in [4.69, 9.17) is 15.9 Å². The molecule has 0 saturated heterocycles. The monoisotopic (exact) mass is 513 g/mol. The van der Waals surface area contributed by atoms with Crippen molar-refractivity contribution in [1.82, 2.24) is 5.32 Å². The zero-order valence-electron chi connectivity index (χ0n) is 20.2. The minimum absolute atomic E-state index is 0.0999. The molecule has 4 aromatic carbocycles. The van der Waals surface area contributed by atoms with Crippen LogP contribution in [0.1, 0.15) is 22.8 Å². The number of nitrogen functional groups attached to an aromatic ring is 1. The van der Waals surface area contributed by atoms with Crippen LogP contribution in [-0.2, 0) is 21.2 Å². The molecule has 37 heavy (non-hydrogen) atoms. The van der Waals surface area contributed by atoms with Crippen molar-refractivity contribution in [1.29, 1.82) is 5.41 Å². The predicted molar refractivity (Wildman–Crippen MR) is 144 cm³/mol. The summed E-state index contributed by atoms with van der Waals surface area (Å²) in [6.45, 7) is 0.160. The van der Waals surface area contributed by atoms with Gasteiger partial charge in [-0.3, -0.25) is 10.2 Å². The number of sulfone groups is 1. The first kappa shape index (κ1) is 25.7. The lowest BCUT2D eigenvalue weighted by molar-refractivity contribution is -0.128. The number of amides is 1. The number of carbonyl (C=O) groups excluding carboxylic acids is 1. The fourth-order valence-electron chi connectivity index (χ4n) is 4.00. The van der Waals surface area contributed by atoms with Gasteiger partial charge < -0.3 is 15.8 Å². The fourth-order valence-corrected chi connectivity index (χ4v) is 4.90. The van der Waals surface area contributed by atoms with Crippen molar-refractivity contribution in [3.8, 4) is 16.9 Å². The summed E-state index contributed by atoms with van der Waals surface area (Å²) in [6.07, 6.45) is 0.220. The first-order chi connectivity index (χ1) is 17.7. The van der Waals surface area contributed by atoms with E-state index in [2.05, 4.69) is 5.32 Å². The summed E-state index contributed by atoms with van der Waals surface area (Å²) in [5.74, 6) is -0.0676. The van der Waals surface area contributed by atoms with Crippen LogP contribution < -0.4 is 15.8 Å². The molecule has 0 bridgehead atoms. The van der Waals surface area contributed by atoms with Gasteiger partial charge in [-0.05, 0) is 29.3 Å². The summed E-state index contributed by atoms with van der Waals surface area (Å²) >= 11 is 0. The topological polar surface area (TPSA) is 122 Å². The van der Waals surface area contributed by atoms with E-state index in [1.54, 1.807) is 60.7 Å². The highest BCUT2D eigenvalue weighted by atomic mass is 32.2. The SMILES string of the molecule is CS(=O)(=O)c1ccccc1-c1ccccc1CNC(=O)C(Oc1cccc(C(=N)N)c1)c1ccccc1. The van der Waals surface area contributed by atoms with Crippen LogP contribution >= 0.6 is 0 Å². The molecule has 4 aromatic rings. The lowest BCUT2D eigenvalue weighted by atomic mass is 9.99. The van der Waals surface area contributed by atoms with Gasteiger partial charge in [-0.1, -0.05) is 84.9 Å². The Morgan fingerprint density at radius 1 is 0.892 bits per heavy atom. The molecule has 1 atom stereocenters. The number of carbonyl (C=O) groups is 1. The van der Waals surface area contributed by atoms with Gasteiger partial charge in [0.05, 0.1) is 4.90 Å². The van der Waals surface area contributed by atoms with E-state index in [0.717, 1.165) is 11.1 Å². The molecular formula is C29H27N3O4S. The summed E-state index contributed by atoms with van der Waals surface area (Å²) in [5, 5.41) is 10.6. The number of hydrogen-bond acceptors (Lipinski definition) is 5. The van der Waals surface area contributed by atoms with E-state index in [-0.39, 0.29) is 23.2 Å². The third-order valence-corrected chi connectivity index (χ3v) is 6.94. The van der Waals surface area contributed by atoms with E-state index in [0.29, 0.717) is 22.4 Å². The molecule has 0 radical (unpaired) electrons. The average Bonchev–Trinajstić information content (AvgIpc) is 2.90. The van der Waals surface area contributed by atoms with Crippen LogP contribution in [0.2, 0.25) is 0 Å². The zero-order valence-corrected chi connectivity index (χ0v) is 21.0. The molecule has 8 heteroatoms. The third-order valence-electron chi connectivity index (χ3n) is 5.79. The van der Waals surface area contributed by atoms with Crippen LogP contribution in [0.4, 0.5) is 0 Å². The van der Waals surface area contributed by atoms with Crippen molar-refractivity contribution < 1.29 is 17.9 Å². The summed E-state index contributed by atoms with van der Waals surface area (Å²) in [7, 11) is -3.45. The molecule has 0 fully saturated rings. The lowest BCUT2D eigenvalue weighted by Gasteiger charge is -2.20. The van der Waals surface area contributed by atoms with Crippen LogP contribution in [0.25, 0.3) is 11.1 Å². The molecule has 0 saturated carbocycles. The molecule has 4 rings (SSSR count). The van der Waals surface area contributed by atoms with E-state index in [9.17, 15) is 13.2 Å². The Balaban J connectivity index is 1.62. The van der Waals surface area contributed by atoms with Crippen LogP contribution in [0.15, 0.2) is 108 Å². The second-order valence-electron chi connectivity index (χ2n) is 8.49. The molecule has 0 heterocycles. The van der Waals surface area contributed by atoms with Crippen molar-refractivity contribution in [2.75, 3.05) is 6.26 Å². The van der Waals surface area contributed by atoms with E-state index < -0.39 is 15.9 Å². The van der Waals surface area contributed by atoms with Gasteiger partial charge in [0, 0.05) is 29.5 Å². The first-order valence-corrected chi connectivity index (χ1v) is 13.4. The van der Waals surface area contributed by atoms with Crippen molar-refractivity contribution in [3.05, 3.63) is 120 Å². The molecule has 1 unspecified atom stereocenters. The first-order valence-electron chi connectivity index (χ1n) is 11.5. The Labute approximate surface area is 216 Å². The van der Waals surface area contributed by atoms with Gasteiger partial charge in [-0.2, -0.15) is 0 Å². The summed E-state index contributed by atoms with van der Waals surface area (Å²) in [6, 6.07) is 30.0. The van der Waals surface area contributed by atoms with Crippen LogP contribution in [0.5, 0.6) is 5.75 Å². The number of ether oxygens (including phenoxy) is 1. The number of benzene rings is 4. The maximum absolute atomic E-state index is 13.4. The van der Waals surface area contributed by atoms with E-state index in [1.807, 2.05) is 42.5 Å². The van der Waals surface area contributed by atoms with Crippen LogP contribution in [0.3, 0.4) is 0 Å². The number of hydrogen-bond donors (Lipinski definition) is 3. The Bertz CT molecular complexity index is 1540. The Kier molecular flexibility index (Phi) is 7.69. The number of rotatable bonds is 9. The highest BCUT2D eigenvalue weighted by Gasteiger charge is 2.23. The van der Waals surface area contributed by atoms with Crippen LogP contribution in [-0.4, -0.2) is 26.4 Å². The van der Waals surface area contributed by atoms with Crippen molar-refractivity contribution in [3.63, 3.8) is 0 Å². The Morgan fingerprint density at radius 3 is 2.24 bits per heavy atom. The molecule has 188 valence electrons. The second kappa shape index (κ2) is 11.1. The Morgan fingerprint density at radius 2 is 1.54 bits per heavy atom. The molecule has 0 aromatic heterocycles. The standard InChI is InChI=1S/C29H27N3O4S/c1-37(34,35)26-17-8-7-16-25(26)24-15-6-5-12-22(24)19-32-29(33)27(20-10-3-2-4-11-20)36-23-14-9-13-21(18-23)28(30)31/h2-18,27H,19H2,1H3,(H3,30,31)(H,32,33). The molecule has 7 nitrogen and oxygen atoms in total. The van der Waals surface area contributed by atoms with E-state index >= 15 is 0 Å². The lowest BCUT2D eigenvalue weighted by Crippen LogP contribution is -2.32. The minimum Gasteiger partial charge on any atom is -0.476 e. The predicted octanol–water partition coefficient (Wildman–Crippen LogP) is 4.48. The summed E-state index contributed by atoms with van der Waals surface area (Å²) in [4.78, 5) is 13.6. The average molecular weight is 514 g/mol. The molecule has 1 amide bonds. The van der Waals surface area contributed by atoms with Crippen molar-refractivity contribution >= 4 is 21.6 Å². The van der Waals surface area contributed by atoms with Crippen LogP contribution in [0, 0.1) is 5.41 Å². The largest absolute Gasteiger partial charge is 0.476 e. The molecule has 0 spiro atoms. The van der Waals surface area contributed by atoms with Crippen molar-refractivity contribution in [2.24, 2.45) is 5.73 Å². The number of nitrogens with one attached hydrogen (secondary N) is 2. The van der Waals surface area contributed by atoms with Gasteiger partial charge in [0.25, 0.3) is 5.91 Å². The molecular weight excluding hydrogens is 486 g/mol. The van der Waals surface area contributed by atoms with Crippen molar-refractivity contribution in [2.45, 2.75) is 17.5 Å². The van der Waals surface area contributed by atoms with Gasteiger partial charge >= 0.3 is 0 Å². The van der Waals surface area contributed by atoms with E-state index in [1.165, 1.54) is 6.26 Å². The molecule has 0 aliphatic heterocycles. The quantitative estimate of drug-likeness (QED) is 0.225. The zero-order chi connectivity index (χ0) is 26.4. The summed E-state index contributed by atoms with van der Waals surface area (Å²) < 4.78 is 30.8. The minimum atomic E-state index is -3.45.